The van der Waals surface area contributed by atoms with Gasteiger partial charge in [-0.1, -0.05) is 30.3 Å². The molecule has 3 rings (SSSR count). The lowest BCUT2D eigenvalue weighted by atomic mass is 10.0. The van der Waals surface area contributed by atoms with Crippen LogP contribution >= 0.6 is 24.0 Å². The van der Waals surface area contributed by atoms with E-state index in [1.54, 1.807) is 0 Å². The molecule has 2 aliphatic heterocycles. The number of hydrogen-bond donors (Lipinski definition) is 3. The average Bonchev–Trinajstić information content (AvgIpc) is 2.74. The summed E-state index contributed by atoms with van der Waals surface area (Å²) < 4.78 is 0. The Balaban J connectivity index is 0.00000320. The van der Waals surface area contributed by atoms with E-state index in [9.17, 15) is 5.11 Å². The number of guanidine groups is 1. The minimum absolute atomic E-state index is 0. The zero-order chi connectivity index (χ0) is 20.3. The van der Waals surface area contributed by atoms with Gasteiger partial charge in [0.15, 0.2) is 5.96 Å². The van der Waals surface area contributed by atoms with Crippen LogP contribution in [-0.4, -0.2) is 78.8 Å². The molecule has 7 heteroatoms. The van der Waals surface area contributed by atoms with Crippen LogP contribution in [0.4, 0.5) is 0 Å². The standard InChI is InChI=1S/C23H39N5O.HI/c1-2-24-23(25-13-7-15-27-16-11-22(29)12-17-27)26-21-10-6-14-28(19-21)18-20-8-4-3-5-9-20;/h3-5,8-9,21-22,29H,2,6-7,10-19H2,1H3,(H2,24,25,26);1H. The molecule has 1 unspecified atom stereocenters. The van der Waals surface area contributed by atoms with Gasteiger partial charge in [0.05, 0.1) is 6.10 Å². The zero-order valence-electron chi connectivity index (χ0n) is 18.4. The van der Waals surface area contributed by atoms with Crippen molar-refractivity contribution in [2.75, 3.05) is 45.8 Å². The molecule has 30 heavy (non-hydrogen) atoms. The summed E-state index contributed by atoms with van der Waals surface area (Å²) in [4.78, 5) is 9.81. The molecule has 2 fully saturated rings. The van der Waals surface area contributed by atoms with E-state index in [2.05, 4.69) is 57.7 Å². The highest BCUT2D eigenvalue weighted by Gasteiger charge is 2.21. The molecule has 0 bridgehead atoms. The molecule has 1 aromatic carbocycles. The summed E-state index contributed by atoms with van der Waals surface area (Å²) >= 11 is 0. The summed E-state index contributed by atoms with van der Waals surface area (Å²) in [7, 11) is 0. The van der Waals surface area contributed by atoms with E-state index < -0.39 is 0 Å². The van der Waals surface area contributed by atoms with Crippen LogP contribution < -0.4 is 10.6 Å². The monoisotopic (exact) mass is 529 g/mol. The Morgan fingerprint density at radius 1 is 1.10 bits per heavy atom. The van der Waals surface area contributed by atoms with E-state index in [4.69, 9.17) is 4.99 Å². The molecule has 1 aromatic rings. The first-order valence-electron chi connectivity index (χ1n) is 11.4. The minimum atomic E-state index is -0.0919. The van der Waals surface area contributed by atoms with Crippen LogP contribution in [0.25, 0.3) is 0 Å². The molecule has 1 atom stereocenters. The van der Waals surface area contributed by atoms with Crippen molar-refractivity contribution in [2.45, 2.75) is 57.7 Å². The molecule has 2 heterocycles. The van der Waals surface area contributed by atoms with E-state index in [0.717, 1.165) is 71.0 Å². The van der Waals surface area contributed by atoms with Gasteiger partial charge in [-0.15, -0.1) is 24.0 Å². The molecule has 0 saturated carbocycles. The summed E-state index contributed by atoms with van der Waals surface area (Å²) in [6, 6.07) is 11.2. The van der Waals surface area contributed by atoms with Gasteiger partial charge < -0.3 is 20.6 Å². The van der Waals surface area contributed by atoms with Gasteiger partial charge in [-0.05, 0) is 57.7 Å². The first kappa shape index (κ1) is 25.4. The van der Waals surface area contributed by atoms with Gasteiger partial charge >= 0.3 is 0 Å². The molecule has 0 amide bonds. The molecule has 0 spiro atoms. The van der Waals surface area contributed by atoms with Crippen LogP contribution in [0, 0.1) is 0 Å². The smallest absolute Gasteiger partial charge is 0.191 e. The number of aliphatic hydroxyl groups is 1. The van der Waals surface area contributed by atoms with Crippen LogP contribution in [0.15, 0.2) is 35.3 Å². The highest BCUT2D eigenvalue weighted by atomic mass is 127. The average molecular weight is 530 g/mol. The van der Waals surface area contributed by atoms with Crippen molar-refractivity contribution in [1.82, 2.24) is 20.4 Å². The SMILES string of the molecule is CCNC(=NCCCN1CCC(O)CC1)NC1CCCN(Cc2ccccc2)C1.I. The quantitative estimate of drug-likeness (QED) is 0.209. The van der Waals surface area contributed by atoms with E-state index in [1.165, 1.54) is 24.9 Å². The number of benzene rings is 1. The van der Waals surface area contributed by atoms with Gasteiger partial charge in [-0.25, -0.2) is 0 Å². The first-order valence-corrected chi connectivity index (χ1v) is 11.4. The van der Waals surface area contributed by atoms with Gasteiger partial charge in [0.2, 0.25) is 0 Å². The molecule has 2 aliphatic rings. The summed E-state index contributed by atoms with van der Waals surface area (Å²) in [6.45, 7) is 10.2. The number of aliphatic hydroxyl groups excluding tert-OH is 1. The van der Waals surface area contributed by atoms with Crippen molar-refractivity contribution in [3.8, 4) is 0 Å². The Morgan fingerprint density at radius 2 is 1.87 bits per heavy atom. The lowest BCUT2D eigenvalue weighted by Gasteiger charge is -2.34. The third kappa shape index (κ3) is 9.08. The Kier molecular flexibility index (Phi) is 12.0. The van der Waals surface area contributed by atoms with Crippen LogP contribution in [0.5, 0.6) is 0 Å². The number of piperidine rings is 2. The number of aliphatic imine (C=N–C) groups is 1. The second-order valence-corrected chi connectivity index (χ2v) is 8.39. The van der Waals surface area contributed by atoms with Gasteiger partial charge in [0.1, 0.15) is 0 Å². The fourth-order valence-corrected chi connectivity index (χ4v) is 4.30. The number of hydrogen-bond acceptors (Lipinski definition) is 4. The van der Waals surface area contributed by atoms with Crippen molar-refractivity contribution in [2.24, 2.45) is 4.99 Å². The Labute approximate surface area is 199 Å². The zero-order valence-corrected chi connectivity index (χ0v) is 20.8. The largest absolute Gasteiger partial charge is 0.393 e. The van der Waals surface area contributed by atoms with Gasteiger partial charge in [0, 0.05) is 45.3 Å². The second kappa shape index (κ2) is 14.2. The summed E-state index contributed by atoms with van der Waals surface area (Å²) in [6.07, 6.45) is 5.22. The van der Waals surface area contributed by atoms with Crippen LogP contribution in [-0.2, 0) is 6.54 Å². The second-order valence-electron chi connectivity index (χ2n) is 8.39. The molecule has 6 nitrogen and oxygen atoms in total. The number of nitrogens with one attached hydrogen (secondary N) is 2. The van der Waals surface area contributed by atoms with Gasteiger partial charge in [0.25, 0.3) is 0 Å². The lowest BCUT2D eigenvalue weighted by molar-refractivity contribution is 0.0824. The normalized spacial score (nSPS) is 21.8. The summed E-state index contributed by atoms with van der Waals surface area (Å²) in [5.41, 5.74) is 1.39. The number of likely N-dealkylation sites (tertiary alicyclic amines) is 2. The van der Waals surface area contributed by atoms with Gasteiger partial charge in [-0.2, -0.15) is 0 Å². The molecule has 170 valence electrons. The fourth-order valence-electron chi connectivity index (χ4n) is 4.30. The van der Waals surface area contributed by atoms with Crippen molar-refractivity contribution in [1.29, 1.82) is 0 Å². The third-order valence-corrected chi connectivity index (χ3v) is 5.90. The van der Waals surface area contributed by atoms with Crippen LogP contribution in [0.3, 0.4) is 0 Å². The van der Waals surface area contributed by atoms with Crippen molar-refractivity contribution in [3.63, 3.8) is 0 Å². The number of halogens is 1. The Hall–Kier alpha value is -0.900. The highest BCUT2D eigenvalue weighted by molar-refractivity contribution is 14.0. The maximum atomic E-state index is 9.62. The molecule has 2 saturated heterocycles. The van der Waals surface area contributed by atoms with Gasteiger partial charge in [-0.3, -0.25) is 9.89 Å². The molecule has 0 radical (unpaired) electrons. The third-order valence-electron chi connectivity index (χ3n) is 5.90. The lowest BCUT2D eigenvalue weighted by Crippen LogP contribution is -2.51. The fraction of sp³-hybridized carbons (Fsp3) is 0.696. The van der Waals surface area contributed by atoms with Crippen molar-refractivity contribution in [3.05, 3.63) is 35.9 Å². The molecule has 3 N–H and O–H groups in total. The van der Waals surface area contributed by atoms with E-state index in [0.29, 0.717) is 6.04 Å². The van der Waals surface area contributed by atoms with Crippen LogP contribution in [0.1, 0.15) is 44.6 Å². The molecular weight excluding hydrogens is 489 g/mol. The number of nitrogens with zero attached hydrogens (tertiary/aromatic N) is 3. The predicted octanol–water partition coefficient (Wildman–Crippen LogP) is 2.67. The van der Waals surface area contributed by atoms with E-state index in [-0.39, 0.29) is 30.1 Å². The summed E-state index contributed by atoms with van der Waals surface area (Å²) in [5, 5.41) is 16.7. The minimum Gasteiger partial charge on any atom is -0.393 e. The maximum Gasteiger partial charge on any atom is 0.191 e. The van der Waals surface area contributed by atoms with Crippen molar-refractivity contribution < 1.29 is 5.11 Å². The molecular formula is C23H40IN5O. The van der Waals surface area contributed by atoms with Crippen molar-refractivity contribution >= 4 is 29.9 Å². The number of rotatable bonds is 8. The van der Waals surface area contributed by atoms with Crippen LogP contribution in [0.2, 0.25) is 0 Å². The molecule has 0 aromatic heterocycles. The summed E-state index contributed by atoms with van der Waals surface area (Å²) in [5.74, 6) is 0.952. The van der Waals surface area contributed by atoms with E-state index >= 15 is 0 Å². The topological polar surface area (TPSA) is 63.1 Å². The predicted molar refractivity (Wildman–Crippen MR) is 136 cm³/mol. The first-order chi connectivity index (χ1) is 14.2. The highest BCUT2D eigenvalue weighted by Crippen LogP contribution is 2.14. The van der Waals surface area contributed by atoms with E-state index in [1.807, 2.05) is 0 Å². The Morgan fingerprint density at radius 3 is 2.60 bits per heavy atom. The Bertz CT molecular complexity index is 607. The molecule has 0 aliphatic carbocycles. The maximum absolute atomic E-state index is 9.62.